The van der Waals surface area contributed by atoms with Gasteiger partial charge in [-0.05, 0) is 18.6 Å². The summed E-state index contributed by atoms with van der Waals surface area (Å²) < 4.78 is 12.6. The van der Waals surface area contributed by atoms with Crippen LogP contribution in [0.4, 0.5) is 10.1 Å². The van der Waals surface area contributed by atoms with E-state index in [1.165, 1.54) is 6.07 Å². The van der Waals surface area contributed by atoms with Crippen molar-refractivity contribution < 1.29 is 4.39 Å². The van der Waals surface area contributed by atoms with Crippen molar-refractivity contribution in [3.8, 4) is 0 Å². The van der Waals surface area contributed by atoms with Gasteiger partial charge < -0.3 is 5.73 Å². The number of aryl methyl sites for hydroxylation is 1. The molecular formula is C7H8FNS. The Morgan fingerprint density at radius 2 is 2.10 bits per heavy atom. The predicted molar refractivity (Wildman–Crippen MR) is 42.8 cm³/mol. The summed E-state index contributed by atoms with van der Waals surface area (Å²) in [6.07, 6.45) is 0. The Kier molecular flexibility index (Phi) is 1.85. The Morgan fingerprint density at radius 1 is 1.50 bits per heavy atom. The molecule has 1 nitrogen and oxygen atoms in total. The molecule has 0 unspecified atom stereocenters. The van der Waals surface area contributed by atoms with Crippen LogP contribution in [-0.4, -0.2) is 0 Å². The molecule has 0 aliphatic rings. The number of nitrogen functional groups attached to an aromatic ring is 1. The third kappa shape index (κ3) is 1.09. The van der Waals surface area contributed by atoms with Crippen LogP contribution in [0.5, 0.6) is 0 Å². The maximum absolute atomic E-state index is 12.6. The molecule has 54 valence electrons. The van der Waals surface area contributed by atoms with Crippen LogP contribution in [0.1, 0.15) is 5.56 Å². The van der Waals surface area contributed by atoms with Crippen LogP contribution in [0.2, 0.25) is 0 Å². The first kappa shape index (κ1) is 7.41. The van der Waals surface area contributed by atoms with Gasteiger partial charge in [-0.1, -0.05) is 6.07 Å². The summed E-state index contributed by atoms with van der Waals surface area (Å²) in [5, 5.41) is 0. The van der Waals surface area contributed by atoms with E-state index in [0.717, 1.165) is 5.56 Å². The highest BCUT2D eigenvalue weighted by atomic mass is 32.1. The fourth-order valence-electron chi connectivity index (χ4n) is 0.692. The second kappa shape index (κ2) is 2.50. The lowest BCUT2D eigenvalue weighted by Gasteiger charge is -2.02. The van der Waals surface area contributed by atoms with Gasteiger partial charge in [0, 0.05) is 4.90 Å². The van der Waals surface area contributed by atoms with Crippen molar-refractivity contribution in [1.29, 1.82) is 0 Å². The number of anilines is 1. The first-order valence-electron chi connectivity index (χ1n) is 2.86. The van der Waals surface area contributed by atoms with Crippen LogP contribution >= 0.6 is 12.6 Å². The number of benzene rings is 1. The highest BCUT2D eigenvalue weighted by Gasteiger charge is 2.02. The van der Waals surface area contributed by atoms with E-state index in [9.17, 15) is 4.39 Å². The fourth-order valence-corrected chi connectivity index (χ4v) is 0.874. The molecule has 1 aromatic carbocycles. The van der Waals surface area contributed by atoms with E-state index < -0.39 is 5.82 Å². The molecular weight excluding hydrogens is 149 g/mol. The van der Waals surface area contributed by atoms with Crippen molar-refractivity contribution in [3.05, 3.63) is 23.5 Å². The monoisotopic (exact) mass is 157 g/mol. The van der Waals surface area contributed by atoms with Crippen molar-refractivity contribution in [3.63, 3.8) is 0 Å². The van der Waals surface area contributed by atoms with Gasteiger partial charge in [-0.3, -0.25) is 0 Å². The molecule has 3 heteroatoms. The standard InChI is InChI=1S/C7H8FNS/c1-4-2-3-5(8)6(9)7(4)10/h2-3,10H,9H2,1H3. The van der Waals surface area contributed by atoms with Gasteiger partial charge >= 0.3 is 0 Å². The quantitative estimate of drug-likeness (QED) is 0.437. The number of halogens is 1. The molecule has 1 rings (SSSR count). The molecule has 0 saturated carbocycles. The van der Waals surface area contributed by atoms with Gasteiger partial charge in [-0.2, -0.15) is 0 Å². The Bertz CT molecular complexity index is 233. The first-order valence-corrected chi connectivity index (χ1v) is 3.31. The van der Waals surface area contributed by atoms with E-state index in [-0.39, 0.29) is 5.69 Å². The van der Waals surface area contributed by atoms with Gasteiger partial charge in [0.25, 0.3) is 0 Å². The Hall–Kier alpha value is -0.700. The number of hydrogen-bond acceptors (Lipinski definition) is 2. The molecule has 0 atom stereocenters. The van der Waals surface area contributed by atoms with Crippen molar-refractivity contribution in [1.82, 2.24) is 0 Å². The van der Waals surface area contributed by atoms with E-state index in [0.29, 0.717) is 4.90 Å². The summed E-state index contributed by atoms with van der Waals surface area (Å²) in [7, 11) is 0. The number of nitrogens with two attached hydrogens (primary N) is 1. The highest BCUT2D eigenvalue weighted by molar-refractivity contribution is 7.80. The summed E-state index contributed by atoms with van der Waals surface area (Å²) in [4.78, 5) is 0.528. The smallest absolute Gasteiger partial charge is 0.147 e. The van der Waals surface area contributed by atoms with Crippen molar-refractivity contribution in [2.24, 2.45) is 0 Å². The van der Waals surface area contributed by atoms with Crippen LogP contribution < -0.4 is 5.73 Å². The minimum atomic E-state index is -0.407. The molecule has 2 N–H and O–H groups in total. The maximum atomic E-state index is 12.6. The van der Waals surface area contributed by atoms with Gasteiger partial charge in [0.05, 0.1) is 5.69 Å². The first-order chi connectivity index (χ1) is 4.63. The van der Waals surface area contributed by atoms with Gasteiger partial charge in [-0.25, -0.2) is 4.39 Å². The largest absolute Gasteiger partial charge is 0.395 e. The van der Waals surface area contributed by atoms with Crippen LogP contribution in [0, 0.1) is 12.7 Å². The maximum Gasteiger partial charge on any atom is 0.147 e. The van der Waals surface area contributed by atoms with E-state index in [1.54, 1.807) is 6.07 Å². The zero-order valence-corrected chi connectivity index (χ0v) is 6.45. The molecule has 0 radical (unpaired) electrons. The minimum Gasteiger partial charge on any atom is -0.395 e. The summed E-state index contributed by atoms with van der Waals surface area (Å²) in [5.74, 6) is -0.407. The van der Waals surface area contributed by atoms with E-state index in [4.69, 9.17) is 5.73 Å². The molecule has 0 aromatic heterocycles. The van der Waals surface area contributed by atoms with Crippen molar-refractivity contribution in [2.45, 2.75) is 11.8 Å². The van der Waals surface area contributed by atoms with Crippen LogP contribution in [0.3, 0.4) is 0 Å². The zero-order valence-electron chi connectivity index (χ0n) is 5.56. The Balaban J connectivity index is 3.34. The molecule has 10 heavy (non-hydrogen) atoms. The van der Waals surface area contributed by atoms with Crippen LogP contribution in [-0.2, 0) is 0 Å². The Labute approximate surface area is 64.5 Å². The average Bonchev–Trinajstić information content (AvgIpc) is 1.93. The molecule has 0 aliphatic carbocycles. The van der Waals surface area contributed by atoms with E-state index in [1.807, 2.05) is 6.92 Å². The molecule has 1 aromatic rings. The summed E-state index contributed by atoms with van der Waals surface area (Å²) >= 11 is 4.02. The van der Waals surface area contributed by atoms with Crippen molar-refractivity contribution >= 4 is 18.3 Å². The molecule has 0 fully saturated rings. The SMILES string of the molecule is Cc1ccc(F)c(N)c1S. The molecule has 0 spiro atoms. The van der Waals surface area contributed by atoms with Crippen LogP contribution in [0.25, 0.3) is 0 Å². The van der Waals surface area contributed by atoms with Crippen molar-refractivity contribution in [2.75, 3.05) is 5.73 Å². The van der Waals surface area contributed by atoms with Gasteiger partial charge in [0.15, 0.2) is 0 Å². The number of rotatable bonds is 0. The molecule has 0 bridgehead atoms. The predicted octanol–water partition coefficient (Wildman–Crippen LogP) is 2.01. The van der Waals surface area contributed by atoms with Gasteiger partial charge in [0.2, 0.25) is 0 Å². The molecule has 0 amide bonds. The molecule has 0 saturated heterocycles. The van der Waals surface area contributed by atoms with Gasteiger partial charge in [0.1, 0.15) is 5.82 Å². The lowest BCUT2D eigenvalue weighted by atomic mass is 10.2. The van der Waals surface area contributed by atoms with Crippen LogP contribution in [0.15, 0.2) is 17.0 Å². The molecule has 0 aliphatic heterocycles. The molecule has 0 heterocycles. The van der Waals surface area contributed by atoms with Gasteiger partial charge in [-0.15, -0.1) is 12.6 Å². The lowest BCUT2D eigenvalue weighted by molar-refractivity contribution is 0.629. The third-order valence-corrected chi connectivity index (χ3v) is 1.96. The lowest BCUT2D eigenvalue weighted by Crippen LogP contribution is -1.93. The normalized spacial score (nSPS) is 9.90. The topological polar surface area (TPSA) is 26.0 Å². The summed E-state index contributed by atoms with van der Waals surface area (Å²) in [5.41, 5.74) is 6.35. The zero-order chi connectivity index (χ0) is 7.72. The second-order valence-electron chi connectivity index (χ2n) is 2.13. The number of thiol groups is 1. The summed E-state index contributed by atoms with van der Waals surface area (Å²) in [6, 6.07) is 2.98. The Morgan fingerprint density at radius 3 is 2.60 bits per heavy atom. The fraction of sp³-hybridized carbons (Fsp3) is 0.143. The van der Waals surface area contributed by atoms with E-state index >= 15 is 0 Å². The van der Waals surface area contributed by atoms with E-state index in [2.05, 4.69) is 12.6 Å². The third-order valence-electron chi connectivity index (χ3n) is 1.37. The highest BCUT2D eigenvalue weighted by Crippen LogP contribution is 2.22. The second-order valence-corrected chi connectivity index (χ2v) is 2.57. The minimum absolute atomic E-state index is 0.128. The summed E-state index contributed by atoms with van der Waals surface area (Å²) in [6.45, 7) is 1.83. The number of hydrogen-bond donors (Lipinski definition) is 2. The average molecular weight is 157 g/mol.